The van der Waals surface area contributed by atoms with E-state index in [1.807, 2.05) is 24.4 Å². The van der Waals surface area contributed by atoms with Gasteiger partial charge in [-0.3, -0.25) is 4.98 Å². The Labute approximate surface area is 131 Å². The Morgan fingerprint density at radius 2 is 2.35 bits per heavy atom. The predicted molar refractivity (Wildman–Crippen MR) is 82.5 cm³/mol. The molecule has 0 unspecified atom stereocenters. The average Bonchev–Trinajstić information content (AvgIpc) is 3.04. The number of aromatic nitrogens is 1. The molecule has 0 aliphatic carbocycles. The molecule has 2 aromatic rings. The second-order valence-electron chi connectivity index (χ2n) is 4.70. The summed E-state index contributed by atoms with van der Waals surface area (Å²) in [7, 11) is 0. The molecule has 20 heavy (non-hydrogen) atoms. The zero-order valence-corrected chi connectivity index (χ0v) is 13.0. The van der Waals surface area contributed by atoms with Crippen molar-refractivity contribution < 1.29 is 4.74 Å². The minimum Gasteiger partial charge on any atom is -0.372 e. The lowest BCUT2D eigenvalue weighted by Crippen LogP contribution is -2.31. The molecule has 2 aromatic heterocycles. The van der Waals surface area contributed by atoms with Crippen LogP contribution in [0.4, 0.5) is 0 Å². The first-order valence-electron chi connectivity index (χ1n) is 6.42. The van der Waals surface area contributed by atoms with Gasteiger partial charge in [-0.15, -0.1) is 11.3 Å². The largest absolute Gasteiger partial charge is 0.372 e. The van der Waals surface area contributed by atoms with Gasteiger partial charge in [-0.05, 0) is 24.1 Å². The van der Waals surface area contributed by atoms with Gasteiger partial charge in [-0.1, -0.05) is 29.3 Å². The van der Waals surface area contributed by atoms with Crippen molar-refractivity contribution in [2.75, 3.05) is 6.61 Å². The summed E-state index contributed by atoms with van der Waals surface area (Å²) in [6.07, 6.45) is 4.67. The molecule has 0 radical (unpaired) electrons. The predicted octanol–water partition coefficient (Wildman–Crippen LogP) is 4.07. The van der Waals surface area contributed by atoms with E-state index in [4.69, 9.17) is 27.9 Å². The van der Waals surface area contributed by atoms with Crippen molar-refractivity contribution in [3.63, 3.8) is 0 Å². The fourth-order valence-electron chi connectivity index (χ4n) is 2.41. The van der Waals surface area contributed by atoms with E-state index in [2.05, 4.69) is 10.3 Å². The standard InChI is InChI=1S/C14H14Cl2N2OS/c15-12-6-10(14(16)20-12)8-18-11-3-5-19-13(11)9-2-1-4-17-7-9/h1-2,4,6-7,11,13,18H,3,5,8H2/t11-,13+/m0/s1. The normalized spacial score (nSPS) is 22.3. The summed E-state index contributed by atoms with van der Waals surface area (Å²) in [5, 5.41) is 3.51. The van der Waals surface area contributed by atoms with Gasteiger partial charge in [0.25, 0.3) is 0 Å². The molecule has 0 amide bonds. The van der Waals surface area contributed by atoms with E-state index in [-0.39, 0.29) is 12.1 Å². The maximum Gasteiger partial charge on any atom is 0.0993 e. The monoisotopic (exact) mass is 328 g/mol. The second-order valence-corrected chi connectivity index (χ2v) is 6.99. The summed E-state index contributed by atoms with van der Waals surface area (Å²) in [5.74, 6) is 0. The number of ether oxygens (including phenoxy) is 1. The third-order valence-electron chi connectivity index (χ3n) is 3.39. The van der Waals surface area contributed by atoms with Gasteiger partial charge in [-0.2, -0.15) is 0 Å². The molecule has 6 heteroatoms. The Hall–Kier alpha value is -0.650. The van der Waals surface area contributed by atoms with Crippen LogP contribution in [0.3, 0.4) is 0 Å². The van der Waals surface area contributed by atoms with E-state index in [9.17, 15) is 0 Å². The first kappa shape index (κ1) is 14.3. The van der Waals surface area contributed by atoms with Gasteiger partial charge in [0.15, 0.2) is 0 Å². The molecule has 3 heterocycles. The number of thiophene rings is 1. The molecule has 3 rings (SSSR count). The Kier molecular flexibility index (Phi) is 4.58. The molecule has 2 atom stereocenters. The number of pyridine rings is 1. The Bertz CT molecular complexity index is 576. The number of nitrogens with zero attached hydrogens (tertiary/aromatic N) is 1. The van der Waals surface area contributed by atoms with Gasteiger partial charge in [0.2, 0.25) is 0 Å². The van der Waals surface area contributed by atoms with Gasteiger partial charge in [0.1, 0.15) is 0 Å². The Balaban J connectivity index is 1.66. The number of rotatable bonds is 4. The van der Waals surface area contributed by atoms with E-state index in [0.717, 1.165) is 32.8 Å². The van der Waals surface area contributed by atoms with Gasteiger partial charge < -0.3 is 10.1 Å². The van der Waals surface area contributed by atoms with Crippen LogP contribution in [-0.4, -0.2) is 17.6 Å². The molecule has 0 spiro atoms. The molecule has 106 valence electrons. The lowest BCUT2D eigenvalue weighted by molar-refractivity contribution is 0.0982. The molecule has 1 aliphatic rings. The lowest BCUT2D eigenvalue weighted by atomic mass is 10.0. The van der Waals surface area contributed by atoms with Crippen molar-refractivity contribution in [2.45, 2.75) is 25.1 Å². The van der Waals surface area contributed by atoms with Crippen LogP contribution in [-0.2, 0) is 11.3 Å². The summed E-state index contributed by atoms with van der Waals surface area (Å²) in [4.78, 5) is 4.15. The number of halogens is 2. The van der Waals surface area contributed by atoms with Crippen LogP contribution in [0, 0.1) is 0 Å². The summed E-state index contributed by atoms with van der Waals surface area (Å²) in [6, 6.07) is 6.17. The highest BCUT2D eigenvalue weighted by molar-refractivity contribution is 7.20. The summed E-state index contributed by atoms with van der Waals surface area (Å²) in [6.45, 7) is 1.46. The van der Waals surface area contributed by atoms with Crippen LogP contribution >= 0.6 is 34.5 Å². The van der Waals surface area contributed by atoms with Gasteiger partial charge >= 0.3 is 0 Å². The quantitative estimate of drug-likeness (QED) is 0.918. The fraction of sp³-hybridized carbons (Fsp3) is 0.357. The molecule has 3 nitrogen and oxygen atoms in total. The Morgan fingerprint density at radius 3 is 3.05 bits per heavy atom. The fourth-order valence-corrected chi connectivity index (χ4v) is 3.89. The van der Waals surface area contributed by atoms with Gasteiger partial charge in [-0.25, -0.2) is 0 Å². The molecule has 0 bridgehead atoms. The van der Waals surface area contributed by atoms with Crippen LogP contribution in [0.2, 0.25) is 8.67 Å². The van der Waals surface area contributed by atoms with E-state index in [0.29, 0.717) is 6.54 Å². The number of hydrogen-bond donors (Lipinski definition) is 1. The topological polar surface area (TPSA) is 34.1 Å². The zero-order chi connectivity index (χ0) is 13.9. The van der Waals surface area contributed by atoms with Crippen LogP contribution in [0.15, 0.2) is 30.6 Å². The molecule has 0 saturated carbocycles. The Morgan fingerprint density at radius 1 is 1.45 bits per heavy atom. The van der Waals surface area contributed by atoms with E-state index in [1.165, 1.54) is 11.3 Å². The summed E-state index contributed by atoms with van der Waals surface area (Å²) >= 11 is 13.5. The molecule has 0 aromatic carbocycles. The highest BCUT2D eigenvalue weighted by Gasteiger charge is 2.29. The molecular weight excluding hydrogens is 315 g/mol. The average molecular weight is 329 g/mol. The van der Waals surface area contributed by atoms with Crippen molar-refractivity contribution in [1.82, 2.24) is 10.3 Å². The molecule has 1 aliphatic heterocycles. The van der Waals surface area contributed by atoms with E-state index >= 15 is 0 Å². The van der Waals surface area contributed by atoms with Crippen molar-refractivity contribution >= 4 is 34.5 Å². The van der Waals surface area contributed by atoms with Gasteiger partial charge in [0, 0.05) is 37.2 Å². The second kappa shape index (κ2) is 6.41. The smallest absolute Gasteiger partial charge is 0.0993 e. The van der Waals surface area contributed by atoms with E-state index < -0.39 is 0 Å². The summed E-state index contributed by atoms with van der Waals surface area (Å²) < 4.78 is 7.29. The molecule has 1 fully saturated rings. The minimum absolute atomic E-state index is 0.0524. The summed E-state index contributed by atoms with van der Waals surface area (Å²) in [5.41, 5.74) is 2.15. The first-order valence-corrected chi connectivity index (χ1v) is 8.00. The highest BCUT2D eigenvalue weighted by atomic mass is 35.5. The van der Waals surface area contributed by atoms with Gasteiger partial charge in [0.05, 0.1) is 14.8 Å². The molecule has 1 N–H and O–H groups in total. The van der Waals surface area contributed by atoms with Crippen LogP contribution in [0.5, 0.6) is 0 Å². The van der Waals surface area contributed by atoms with Crippen molar-refractivity contribution in [3.8, 4) is 0 Å². The van der Waals surface area contributed by atoms with E-state index in [1.54, 1.807) is 6.20 Å². The zero-order valence-electron chi connectivity index (χ0n) is 10.7. The van der Waals surface area contributed by atoms with Crippen LogP contribution in [0.25, 0.3) is 0 Å². The van der Waals surface area contributed by atoms with Crippen LogP contribution < -0.4 is 5.32 Å². The third kappa shape index (κ3) is 3.15. The molecular formula is C14H14Cl2N2OS. The van der Waals surface area contributed by atoms with Crippen LogP contribution in [0.1, 0.15) is 23.7 Å². The van der Waals surface area contributed by atoms with Crippen molar-refractivity contribution in [2.24, 2.45) is 0 Å². The first-order chi connectivity index (χ1) is 9.74. The number of hydrogen-bond acceptors (Lipinski definition) is 4. The third-order valence-corrected chi connectivity index (χ3v) is 4.96. The van der Waals surface area contributed by atoms with Crippen molar-refractivity contribution in [1.29, 1.82) is 0 Å². The maximum atomic E-state index is 6.14. The maximum absolute atomic E-state index is 6.14. The SMILES string of the molecule is Clc1cc(CN[C@H]2CCO[C@@H]2c2cccnc2)c(Cl)s1. The lowest BCUT2D eigenvalue weighted by Gasteiger charge is -2.19. The molecule has 1 saturated heterocycles. The number of nitrogens with one attached hydrogen (secondary N) is 1. The minimum atomic E-state index is 0.0524. The highest BCUT2D eigenvalue weighted by Crippen LogP contribution is 2.32. The van der Waals surface area contributed by atoms with Crippen molar-refractivity contribution in [3.05, 3.63) is 50.4 Å².